The lowest BCUT2D eigenvalue weighted by molar-refractivity contribution is -0.128. The summed E-state index contributed by atoms with van der Waals surface area (Å²) in [5.41, 5.74) is 7.83. The number of benzene rings is 3. The minimum atomic E-state index is -1.03. The minimum Gasteiger partial charge on any atom is -0.496 e. The summed E-state index contributed by atoms with van der Waals surface area (Å²) in [4.78, 5) is 55.6. The van der Waals surface area contributed by atoms with Gasteiger partial charge in [0.2, 0.25) is 11.8 Å². The third-order valence-corrected chi connectivity index (χ3v) is 7.24. The Hall–Kier alpha value is -4.48. The Bertz CT molecular complexity index is 1480. The first-order valence-corrected chi connectivity index (χ1v) is 13.3. The van der Waals surface area contributed by atoms with Crippen LogP contribution in [0, 0.1) is 0 Å². The number of hydrogen-bond donors (Lipinski definition) is 3. The van der Waals surface area contributed by atoms with Gasteiger partial charge in [-0.05, 0) is 55.1 Å². The highest BCUT2D eigenvalue weighted by Crippen LogP contribution is 2.37. The number of ether oxygens (including phenoxy) is 2. The summed E-state index contributed by atoms with van der Waals surface area (Å²) in [6.45, 7) is 1.84. The summed E-state index contributed by atoms with van der Waals surface area (Å²) in [6, 6.07) is 14.3. The van der Waals surface area contributed by atoms with Gasteiger partial charge in [0.25, 0.3) is 5.91 Å². The van der Waals surface area contributed by atoms with E-state index in [1.165, 1.54) is 12.0 Å². The maximum Gasteiger partial charge on any atom is 0.337 e. The summed E-state index contributed by atoms with van der Waals surface area (Å²) in [6.07, 6.45) is 0.0791. The van der Waals surface area contributed by atoms with Crippen molar-refractivity contribution >= 4 is 45.8 Å². The van der Waals surface area contributed by atoms with Gasteiger partial charge in [0.1, 0.15) is 11.8 Å². The zero-order valence-corrected chi connectivity index (χ0v) is 23.6. The van der Waals surface area contributed by atoms with Gasteiger partial charge < -0.3 is 35.6 Å². The van der Waals surface area contributed by atoms with Crippen LogP contribution in [0.2, 0.25) is 0 Å². The number of fused-ring (bicyclic) bond motifs is 2. The van der Waals surface area contributed by atoms with Crippen molar-refractivity contribution in [1.82, 2.24) is 10.6 Å². The molecule has 216 valence electrons. The smallest absolute Gasteiger partial charge is 0.337 e. The van der Waals surface area contributed by atoms with Crippen molar-refractivity contribution in [1.29, 1.82) is 0 Å². The molecule has 3 amide bonds. The first-order chi connectivity index (χ1) is 19.7. The second-order valence-corrected chi connectivity index (χ2v) is 9.70. The normalized spacial score (nSPS) is 15.6. The molecular weight excluding hydrogens is 526 g/mol. The van der Waals surface area contributed by atoms with Crippen molar-refractivity contribution in [3.63, 3.8) is 0 Å². The number of esters is 1. The molecule has 0 radical (unpaired) electrons. The molecule has 1 aliphatic rings. The Morgan fingerprint density at radius 1 is 1.07 bits per heavy atom. The highest BCUT2D eigenvalue weighted by molar-refractivity contribution is 6.08. The molecule has 4 N–H and O–H groups in total. The number of carbonyl (C=O) groups excluding carboxylic acids is 4. The molecule has 4 rings (SSSR count). The van der Waals surface area contributed by atoms with Gasteiger partial charge in [-0.15, -0.1) is 0 Å². The van der Waals surface area contributed by atoms with Gasteiger partial charge in [0.05, 0.1) is 50.3 Å². The van der Waals surface area contributed by atoms with E-state index in [2.05, 4.69) is 10.6 Å². The molecule has 1 heterocycles. The van der Waals surface area contributed by atoms with E-state index in [1.54, 1.807) is 74.5 Å². The fraction of sp³-hybridized carbons (Fsp3) is 0.333. The number of anilines is 2. The van der Waals surface area contributed by atoms with Crippen molar-refractivity contribution in [2.75, 3.05) is 44.2 Å². The molecule has 3 aromatic carbocycles. The predicted molar refractivity (Wildman–Crippen MR) is 156 cm³/mol. The summed E-state index contributed by atoms with van der Waals surface area (Å²) >= 11 is 0. The Kier molecular flexibility index (Phi) is 9.21. The monoisotopic (exact) mass is 561 g/mol. The molecule has 0 bridgehead atoms. The lowest BCUT2D eigenvalue weighted by Gasteiger charge is -2.27. The number of amides is 3. The van der Waals surface area contributed by atoms with E-state index in [-0.39, 0.29) is 43.8 Å². The maximum atomic E-state index is 14.2. The zero-order valence-electron chi connectivity index (χ0n) is 23.6. The quantitative estimate of drug-likeness (QED) is 0.337. The number of hydrogen-bond acceptors (Lipinski definition) is 8. The molecule has 41 heavy (non-hydrogen) atoms. The number of methoxy groups -OCH3 is 2. The third-order valence-electron chi connectivity index (χ3n) is 7.24. The van der Waals surface area contributed by atoms with Crippen molar-refractivity contribution in [3.05, 3.63) is 65.7 Å². The molecule has 2 atom stereocenters. The van der Waals surface area contributed by atoms with E-state index in [0.717, 1.165) is 10.8 Å². The van der Waals surface area contributed by atoms with Crippen LogP contribution in [-0.2, 0) is 25.7 Å². The van der Waals surface area contributed by atoms with Crippen molar-refractivity contribution < 1.29 is 28.7 Å². The van der Waals surface area contributed by atoms with Crippen LogP contribution in [0.3, 0.4) is 0 Å². The number of nitrogens with zero attached hydrogens (tertiary/aromatic N) is 2. The fourth-order valence-electron chi connectivity index (χ4n) is 4.91. The molecule has 0 fully saturated rings. The predicted octanol–water partition coefficient (Wildman–Crippen LogP) is 1.96. The van der Waals surface area contributed by atoms with Crippen LogP contribution in [0.1, 0.15) is 29.3 Å². The molecular formula is C30H35N5O6. The number of carbonyl (C=O) groups is 4. The summed E-state index contributed by atoms with van der Waals surface area (Å²) in [5, 5.41) is 7.23. The van der Waals surface area contributed by atoms with Crippen molar-refractivity contribution in [2.24, 2.45) is 5.73 Å². The van der Waals surface area contributed by atoms with Crippen LogP contribution in [0.5, 0.6) is 5.75 Å². The third kappa shape index (κ3) is 6.01. The van der Waals surface area contributed by atoms with Gasteiger partial charge >= 0.3 is 5.97 Å². The van der Waals surface area contributed by atoms with Crippen LogP contribution in [0.4, 0.5) is 11.4 Å². The Morgan fingerprint density at radius 2 is 1.80 bits per heavy atom. The van der Waals surface area contributed by atoms with Crippen LogP contribution in [0.25, 0.3) is 10.8 Å². The van der Waals surface area contributed by atoms with E-state index in [4.69, 9.17) is 15.2 Å². The largest absolute Gasteiger partial charge is 0.496 e. The van der Waals surface area contributed by atoms with Crippen LogP contribution < -0.4 is 30.9 Å². The van der Waals surface area contributed by atoms with Crippen molar-refractivity contribution in [2.45, 2.75) is 32.0 Å². The summed E-state index contributed by atoms with van der Waals surface area (Å²) in [5.74, 6) is -0.937. The second kappa shape index (κ2) is 12.8. The van der Waals surface area contributed by atoms with E-state index < -0.39 is 18.1 Å². The average Bonchev–Trinajstić information content (AvgIpc) is 3.10. The lowest BCUT2D eigenvalue weighted by Crippen LogP contribution is -2.55. The van der Waals surface area contributed by atoms with Crippen LogP contribution >= 0.6 is 0 Å². The number of likely N-dealkylation sites (N-methyl/N-ethyl adjacent to an activating group) is 1. The molecule has 3 aromatic rings. The summed E-state index contributed by atoms with van der Waals surface area (Å²) in [7, 11) is 4.51. The lowest BCUT2D eigenvalue weighted by atomic mass is 10.00. The van der Waals surface area contributed by atoms with E-state index >= 15 is 0 Å². The second-order valence-electron chi connectivity index (χ2n) is 9.70. The molecule has 0 aliphatic carbocycles. The van der Waals surface area contributed by atoms with Gasteiger partial charge in [0.15, 0.2) is 0 Å². The molecule has 0 saturated heterocycles. The van der Waals surface area contributed by atoms with Crippen molar-refractivity contribution in [3.8, 4) is 5.75 Å². The Balaban J connectivity index is 1.86. The SMILES string of the molecule is CN[C@@H](C)C(=O)N[C@H]1CN(C(=O)CCN)c2ccccc2N(Cc2c(OC)ccc3cc(C(=O)OC)ccc23)C1=O. The molecule has 0 unspecified atom stereocenters. The molecule has 11 nitrogen and oxygen atoms in total. The zero-order chi connectivity index (χ0) is 29.7. The molecule has 0 saturated carbocycles. The topological polar surface area (TPSA) is 143 Å². The van der Waals surface area contributed by atoms with Crippen LogP contribution in [-0.4, -0.2) is 70.1 Å². The molecule has 0 spiro atoms. The first-order valence-electron chi connectivity index (χ1n) is 13.3. The van der Waals surface area contributed by atoms with Gasteiger partial charge in [-0.25, -0.2) is 4.79 Å². The van der Waals surface area contributed by atoms with Crippen LogP contribution in [0.15, 0.2) is 54.6 Å². The first kappa shape index (κ1) is 29.5. The fourth-order valence-corrected chi connectivity index (χ4v) is 4.91. The average molecular weight is 562 g/mol. The van der Waals surface area contributed by atoms with Gasteiger partial charge in [-0.1, -0.05) is 24.3 Å². The van der Waals surface area contributed by atoms with E-state index in [1.807, 2.05) is 6.07 Å². The molecule has 11 heteroatoms. The minimum absolute atomic E-state index is 0.0531. The Labute approximate surface area is 238 Å². The van der Waals surface area contributed by atoms with Gasteiger partial charge in [0, 0.05) is 18.5 Å². The number of para-hydroxylation sites is 2. The maximum absolute atomic E-state index is 14.2. The van der Waals surface area contributed by atoms with E-state index in [0.29, 0.717) is 28.3 Å². The summed E-state index contributed by atoms with van der Waals surface area (Å²) < 4.78 is 10.6. The highest BCUT2D eigenvalue weighted by atomic mass is 16.5. The number of rotatable bonds is 9. The standard InChI is InChI=1S/C30H35N5O6/c1-18(32-2)28(37)33-23-17-34(27(36)13-14-31)24-7-5-6-8-25(24)35(29(23)38)16-22-21-11-9-20(30(39)41-4)15-19(21)10-12-26(22)40-3/h5-12,15,18,23,32H,13-14,16-17,31H2,1-4H3,(H,33,37)/t18-,23-/m0/s1. The highest BCUT2D eigenvalue weighted by Gasteiger charge is 2.37. The number of nitrogens with one attached hydrogen (secondary N) is 2. The molecule has 1 aliphatic heterocycles. The van der Waals surface area contributed by atoms with Gasteiger partial charge in [-0.2, -0.15) is 0 Å². The Morgan fingerprint density at radius 3 is 2.46 bits per heavy atom. The van der Waals surface area contributed by atoms with Gasteiger partial charge in [-0.3, -0.25) is 14.4 Å². The molecule has 0 aromatic heterocycles. The number of nitrogens with two attached hydrogens (primary N) is 1. The van der Waals surface area contributed by atoms with E-state index in [9.17, 15) is 19.2 Å².